The van der Waals surface area contributed by atoms with Crippen molar-refractivity contribution in [2.75, 3.05) is 5.73 Å². The predicted octanol–water partition coefficient (Wildman–Crippen LogP) is 4.27. The lowest BCUT2D eigenvalue weighted by Gasteiger charge is -2.09. The molecule has 0 bridgehead atoms. The molecule has 0 unspecified atom stereocenters. The first-order valence-corrected chi connectivity index (χ1v) is 6.20. The second-order valence-corrected chi connectivity index (χ2v) is 5.03. The van der Waals surface area contributed by atoms with Gasteiger partial charge in [-0.25, -0.2) is 4.39 Å². The Morgan fingerprint density at radius 3 is 2.61 bits per heavy atom. The van der Waals surface area contributed by atoms with Crippen molar-refractivity contribution in [3.63, 3.8) is 0 Å². The summed E-state index contributed by atoms with van der Waals surface area (Å²) >= 11 is 0. The normalized spacial score (nSPS) is 10.9. The molecule has 0 fully saturated rings. The molecule has 2 rings (SSSR count). The van der Waals surface area contributed by atoms with Crippen molar-refractivity contribution in [2.45, 2.75) is 20.3 Å². The molecule has 94 valence electrons. The minimum absolute atomic E-state index is 0.256. The van der Waals surface area contributed by atoms with E-state index in [0.29, 0.717) is 11.6 Å². The molecule has 0 aliphatic rings. The van der Waals surface area contributed by atoms with Gasteiger partial charge >= 0.3 is 0 Å². The number of benzene rings is 2. The fraction of sp³-hybridized carbons (Fsp3) is 0.250. The van der Waals surface area contributed by atoms with Crippen LogP contribution in [0.25, 0.3) is 11.1 Å². The van der Waals surface area contributed by atoms with Crippen molar-refractivity contribution in [3.05, 3.63) is 53.8 Å². The number of hydrogen-bond donors (Lipinski definition) is 1. The molecule has 0 atom stereocenters. The van der Waals surface area contributed by atoms with Gasteiger partial charge in [0.15, 0.2) is 0 Å². The van der Waals surface area contributed by atoms with Crippen LogP contribution < -0.4 is 5.73 Å². The average molecular weight is 243 g/mol. The van der Waals surface area contributed by atoms with Crippen LogP contribution in [-0.4, -0.2) is 0 Å². The van der Waals surface area contributed by atoms with Crippen molar-refractivity contribution in [1.29, 1.82) is 0 Å². The first kappa shape index (κ1) is 12.6. The second kappa shape index (κ2) is 5.21. The number of anilines is 1. The standard InChI is InChI=1S/C16H18FN/c1-11(2)8-12-4-3-5-13(9-12)15-10-14(17)6-7-16(15)18/h3-7,9-11H,8,18H2,1-2H3. The smallest absolute Gasteiger partial charge is 0.123 e. The molecule has 2 aromatic rings. The van der Waals surface area contributed by atoms with Crippen LogP contribution in [0.4, 0.5) is 10.1 Å². The Balaban J connectivity index is 2.41. The highest BCUT2D eigenvalue weighted by Crippen LogP contribution is 2.27. The Morgan fingerprint density at radius 1 is 1.11 bits per heavy atom. The summed E-state index contributed by atoms with van der Waals surface area (Å²) < 4.78 is 13.3. The zero-order chi connectivity index (χ0) is 13.1. The van der Waals surface area contributed by atoms with Gasteiger partial charge in [0.2, 0.25) is 0 Å². The van der Waals surface area contributed by atoms with E-state index >= 15 is 0 Å². The maximum absolute atomic E-state index is 13.3. The fourth-order valence-electron chi connectivity index (χ4n) is 2.12. The number of nitrogens with two attached hydrogens (primary N) is 1. The maximum Gasteiger partial charge on any atom is 0.123 e. The van der Waals surface area contributed by atoms with E-state index in [1.54, 1.807) is 6.07 Å². The molecule has 0 aliphatic carbocycles. The van der Waals surface area contributed by atoms with Crippen LogP contribution in [0.3, 0.4) is 0 Å². The molecule has 0 saturated heterocycles. The van der Waals surface area contributed by atoms with Crippen LogP contribution >= 0.6 is 0 Å². The Kier molecular flexibility index (Phi) is 3.66. The summed E-state index contributed by atoms with van der Waals surface area (Å²) in [4.78, 5) is 0. The second-order valence-electron chi connectivity index (χ2n) is 5.03. The monoisotopic (exact) mass is 243 g/mol. The quantitative estimate of drug-likeness (QED) is 0.800. The van der Waals surface area contributed by atoms with E-state index in [2.05, 4.69) is 26.0 Å². The summed E-state index contributed by atoms with van der Waals surface area (Å²) in [6, 6.07) is 12.6. The van der Waals surface area contributed by atoms with E-state index < -0.39 is 0 Å². The van der Waals surface area contributed by atoms with E-state index in [4.69, 9.17) is 5.73 Å². The van der Waals surface area contributed by atoms with Crippen molar-refractivity contribution >= 4 is 5.69 Å². The van der Waals surface area contributed by atoms with Crippen molar-refractivity contribution in [3.8, 4) is 11.1 Å². The van der Waals surface area contributed by atoms with Gasteiger partial charge in [-0.3, -0.25) is 0 Å². The van der Waals surface area contributed by atoms with E-state index in [1.165, 1.54) is 17.7 Å². The predicted molar refractivity (Wildman–Crippen MR) is 74.8 cm³/mol. The van der Waals surface area contributed by atoms with E-state index in [1.807, 2.05) is 12.1 Å². The summed E-state index contributed by atoms with van der Waals surface area (Å²) in [6.07, 6.45) is 1.02. The minimum Gasteiger partial charge on any atom is -0.398 e. The molecule has 2 heteroatoms. The number of nitrogen functional groups attached to an aromatic ring is 1. The van der Waals surface area contributed by atoms with Crippen LogP contribution in [0.15, 0.2) is 42.5 Å². The third-order valence-corrected chi connectivity index (χ3v) is 2.90. The molecule has 0 aliphatic heterocycles. The Labute approximate surface area is 107 Å². The van der Waals surface area contributed by atoms with Crippen LogP contribution in [-0.2, 0) is 6.42 Å². The molecular weight excluding hydrogens is 225 g/mol. The van der Waals surface area contributed by atoms with Gasteiger partial charge in [0.1, 0.15) is 5.82 Å². The number of hydrogen-bond acceptors (Lipinski definition) is 1. The van der Waals surface area contributed by atoms with Gasteiger partial charge in [-0.05, 0) is 41.7 Å². The van der Waals surface area contributed by atoms with Gasteiger partial charge in [0.05, 0.1) is 0 Å². The number of halogens is 1. The van der Waals surface area contributed by atoms with Crippen LogP contribution in [0.2, 0.25) is 0 Å². The van der Waals surface area contributed by atoms with Crippen LogP contribution in [0, 0.1) is 11.7 Å². The van der Waals surface area contributed by atoms with E-state index in [-0.39, 0.29) is 5.82 Å². The van der Waals surface area contributed by atoms with Gasteiger partial charge in [-0.2, -0.15) is 0 Å². The van der Waals surface area contributed by atoms with Crippen LogP contribution in [0.1, 0.15) is 19.4 Å². The van der Waals surface area contributed by atoms with Gasteiger partial charge in [-0.15, -0.1) is 0 Å². The summed E-state index contributed by atoms with van der Waals surface area (Å²) in [7, 11) is 0. The van der Waals surface area contributed by atoms with Crippen molar-refractivity contribution in [2.24, 2.45) is 5.92 Å². The van der Waals surface area contributed by atoms with Gasteiger partial charge in [-0.1, -0.05) is 38.1 Å². The lowest BCUT2D eigenvalue weighted by atomic mass is 9.97. The molecule has 0 spiro atoms. The molecule has 0 heterocycles. The molecule has 0 radical (unpaired) electrons. The summed E-state index contributed by atoms with van der Waals surface area (Å²) in [5.74, 6) is 0.346. The maximum atomic E-state index is 13.3. The lowest BCUT2D eigenvalue weighted by molar-refractivity contribution is 0.628. The lowest BCUT2D eigenvalue weighted by Crippen LogP contribution is -1.95. The molecule has 0 amide bonds. The van der Waals surface area contributed by atoms with E-state index in [9.17, 15) is 4.39 Å². The zero-order valence-electron chi connectivity index (χ0n) is 10.8. The Morgan fingerprint density at radius 2 is 1.89 bits per heavy atom. The molecule has 0 aromatic heterocycles. The topological polar surface area (TPSA) is 26.0 Å². The molecule has 1 nitrogen and oxygen atoms in total. The Hall–Kier alpha value is -1.83. The first-order valence-electron chi connectivity index (χ1n) is 6.20. The molecular formula is C16H18FN. The fourth-order valence-corrected chi connectivity index (χ4v) is 2.12. The average Bonchev–Trinajstić information content (AvgIpc) is 2.32. The number of rotatable bonds is 3. The highest BCUT2D eigenvalue weighted by molar-refractivity contribution is 5.76. The largest absolute Gasteiger partial charge is 0.398 e. The summed E-state index contributed by atoms with van der Waals surface area (Å²) in [5, 5.41) is 0. The van der Waals surface area contributed by atoms with Gasteiger partial charge in [0.25, 0.3) is 0 Å². The van der Waals surface area contributed by atoms with Crippen molar-refractivity contribution < 1.29 is 4.39 Å². The Bertz CT molecular complexity index is 547. The molecule has 0 saturated carbocycles. The zero-order valence-corrected chi connectivity index (χ0v) is 10.8. The summed E-state index contributed by atoms with van der Waals surface area (Å²) in [6.45, 7) is 4.37. The minimum atomic E-state index is -0.256. The third kappa shape index (κ3) is 2.89. The van der Waals surface area contributed by atoms with Crippen LogP contribution in [0.5, 0.6) is 0 Å². The van der Waals surface area contributed by atoms with Crippen molar-refractivity contribution in [1.82, 2.24) is 0 Å². The highest BCUT2D eigenvalue weighted by atomic mass is 19.1. The first-order chi connectivity index (χ1) is 8.56. The molecule has 2 aromatic carbocycles. The molecule has 2 N–H and O–H groups in total. The third-order valence-electron chi connectivity index (χ3n) is 2.90. The molecule has 18 heavy (non-hydrogen) atoms. The van der Waals surface area contributed by atoms with Gasteiger partial charge < -0.3 is 5.73 Å². The summed E-state index contributed by atoms with van der Waals surface area (Å²) in [5.41, 5.74) is 9.51. The van der Waals surface area contributed by atoms with E-state index in [0.717, 1.165) is 17.5 Å². The van der Waals surface area contributed by atoms with Gasteiger partial charge in [0, 0.05) is 11.3 Å². The highest BCUT2D eigenvalue weighted by Gasteiger charge is 2.06. The SMILES string of the molecule is CC(C)Cc1cccc(-c2cc(F)ccc2N)c1.